The summed E-state index contributed by atoms with van der Waals surface area (Å²) in [6, 6.07) is 17.4. The number of aromatic nitrogens is 2. The van der Waals surface area contributed by atoms with E-state index >= 15 is 4.39 Å². The average Bonchev–Trinajstić information content (AvgIpc) is 3.35. The van der Waals surface area contributed by atoms with Gasteiger partial charge >= 0.3 is 31.6 Å². The Morgan fingerprint density at radius 1 is 0.963 bits per heavy atom. The molecule has 2 heterocycles. The van der Waals surface area contributed by atoms with Crippen LogP contribution in [0.1, 0.15) is 66.3 Å². The SMILES string of the molecule is CCOC(=O)[C@H](Cc1ccccc1)NP(=O)(OC[C@H]1S[C@@H](n2ccc(N(C(=O)OC(C)(C)C)C(=O)OC(C)(C)C)nc2=O)[C@@H](F)[C@@H]1C)Oc1ccccc1. The van der Waals surface area contributed by atoms with Crippen LogP contribution in [-0.4, -0.2) is 69.6 Å². The van der Waals surface area contributed by atoms with Gasteiger partial charge in [-0.05, 0) is 78.6 Å². The lowest BCUT2D eigenvalue weighted by atomic mass is 10.0. The number of rotatable bonds is 13. The average molecular weight is 791 g/mol. The van der Waals surface area contributed by atoms with E-state index in [0.29, 0.717) is 4.90 Å². The molecule has 54 heavy (non-hydrogen) atoms. The van der Waals surface area contributed by atoms with E-state index in [1.165, 1.54) is 12.3 Å². The third kappa shape index (κ3) is 11.9. The molecule has 17 heteroatoms. The van der Waals surface area contributed by atoms with Crippen LogP contribution in [-0.2, 0) is 34.5 Å². The number of hydrogen-bond acceptors (Lipinski definition) is 12. The standard InChI is InChI=1S/C37H48FN4O10PS/c1-9-48-32(43)27(22-25-16-12-10-13-17-25)40-53(47,52-26-18-14-11-15-19-26)49-23-28-24(2)30(38)31(54-28)41-21-20-29(39-33(41)44)42(34(45)50-36(3,4)5)35(46)51-37(6,7)8/h10-21,24,27-28,30-31H,9,22-23H2,1-8H3,(H,40,47)/t24-,27+,28-,30+,31-,53?/m1/s1. The number of halogens is 1. The van der Waals surface area contributed by atoms with Gasteiger partial charge < -0.3 is 18.7 Å². The van der Waals surface area contributed by atoms with Gasteiger partial charge in [-0.2, -0.15) is 15.0 Å². The number of nitrogens with zero attached hydrogens (tertiary/aromatic N) is 3. The highest BCUT2D eigenvalue weighted by Crippen LogP contribution is 2.51. The quantitative estimate of drug-likeness (QED) is 0.103. The van der Waals surface area contributed by atoms with Gasteiger partial charge in [-0.25, -0.2) is 23.3 Å². The van der Waals surface area contributed by atoms with Crippen LogP contribution >= 0.6 is 19.5 Å². The molecule has 1 N–H and O–H groups in total. The minimum absolute atomic E-state index is 0.0846. The molecular formula is C37H48FN4O10PS. The van der Waals surface area contributed by atoms with Gasteiger partial charge in [0.25, 0.3) is 0 Å². The molecule has 0 aliphatic carbocycles. The second-order valence-electron chi connectivity index (χ2n) is 14.5. The normalized spacial score (nSPS) is 20.3. The van der Waals surface area contributed by atoms with Crippen molar-refractivity contribution >= 4 is 43.5 Å². The number of esters is 1. The first-order valence-electron chi connectivity index (χ1n) is 17.4. The first kappa shape index (κ1) is 42.5. The number of hydrogen-bond donors (Lipinski definition) is 1. The van der Waals surface area contributed by atoms with Gasteiger partial charge in [0.05, 0.1) is 13.2 Å². The topological polar surface area (TPSA) is 165 Å². The van der Waals surface area contributed by atoms with Crippen LogP contribution in [0.5, 0.6) is 5.75 Å². The van der Waals surface area contributed by atoms with Crippen LogP contribution in [0, 0.1) is 5.92 Å². The molecule has 3 aromatic rings. The molecule has 1 aromatic heterocycles. The highest BCUT2D eigenvalue weighted by molar-refractivity contribution is 8.00. The van der Waals surface area contributed by atoms with Crippen molar-refractivity contribution in [1.29, 1.82) is 0 Å². The molecule has 0 radical (unpaired) electrons. The largest absolute Gasteiger partial charge is 0.465 e. The van der Waals surface area contributed by atoms with Gasteiger partial charge in [0.2, 0.25) is 0 Å². The molecule has 1 aliphatic heterocycles. The first-order valence-corrected chi connectivity index (χ1v) is 19.9. The van der Waals surface area contributed by atoms with Gasteiger partial charge in [0.1, 0.15) is 34.5 Å². The van der Waals surface area contributed by atoms with Gasteiger partial charge in [-0.3, -0.25) is 13.9 Å². The molecule has 294 valence electrons. The Morgan fingerprint density at radius 3 is 2.07 bits per heavy atom. The van der Waals surface area contributed by atoms with Crippen LogP contribution in [0.3, 0.4) is 0 Å². The lowest BCUT2D eigenvalue weighted by Gasteiger charge is -2.28. The van der Waals surface area contributed by atoms with Crippen molar-refractivity contribution in [2.75, 3.05) is 18.1 Å². The predicted octanol–water partition coefficient (Wildman–Crippen LogP) is 7.48. The van der Waals surface area contributed by atoms with E-state index in [2.05, 4.69) is 10.1 Å². The minimum atomic E-state index is -4.34. The molecule has 1 unspecified atom stereocenters. The Hall–Kier alpha value is -4.24. The zero-order chi connectivity index (χ0) is 39.8. The van der Waals surface area contributed by atoms with Crippen LogP contribution in [0.4, 0.5) is 19.8 Å². The molecule has 1 aliphatic rings. The summed E-state index contributed by atoms with van der Waals surface area (Å²) in [6.07, 6.45) is -2.49. The predicted molar refractivity (Wildman–Crippen MR) is 202 cm³/mol. The summed E-state index contributed by atoms with van der Waals surface area (Å²) < 4.78 is 59.3. The lowest BCUT2D eigenvalue weighted by Crippen LogP contribution is -2.45. The maximum atomic E-state index is 16.0. The van der Waals surface area contributed by atoms with Crippen molar-refractivity contribution in [2.24, 2.45) is 5.92 Å². The summed E-state index contributed by atoms with van der Waals surface area (Å²) in [5.74, 6) is -1.56. The zero-order valence-corrected chi connectivity index (χ0v) is 33.3. The molecular weight excluding hydrogens is 742 g/mol. The molecule has 6 atom stereocenters. The zero-order valence-electron chi connectivity index (χ0n) is 31.6. The number of para-hydroxylation sites is 1. The smallest absolute Gasteiger partial charge is 0.459 e. The number of thioether (sulfide) groups is 1. The lowest BCUT2D eigenvalue weighted by molar-refractivity contribution is -0.145. The summed E-state index contributed by atoms with van der Waals surface area (Å²) in [5, 5.41) is 1.01. The minimum Gasteiger partial charge on any atom is -0.465 e. The van der Waals surface area contributed by atoms with Crippen molar-refractivity contribution in [2.45, 2.75) is 95.9 Å². The number of ether oxygens (including phenoxy) is 3. The highest BCUT2D eigenvalue weighted by Gasteiger charge is 2.46. The van der Waals surface area contributed by atoms with Gasteiger partial charge in [-0.1, -0.05) is 55.5 Å². The Kier molecular flexibility index (Phi) is 14.1. The molecule has 2 amide bonds. The molecule has 0 bridgehead atoms. The number of carbonyl (C=O) groups is 3. The highest BCUT2D eigenvalue weighted by atomic mass is 32.2. The van der Waals surface area contributed by atoms with Crippen LogP contribution in [0.15, 0.2) is 77.7 Å². The number of anilines is 1. The maximum Gasteiger partial charge on any atom is 0.459 e. The molecule has 14 nitrogen and oxygen atoms in total. The van der Waals surface area contributed by atoms with E-state index in [0.717, 1.165) is 21.9 Å². The fourth-order valence-electron chi connectivity index (χ4n) is 5.20. The number of benzene rings is 2. The van der Waals surface area contributed by atoms with Gasteiger partial charge in [-0.15, -0.1) is 11.8 Å². The summed E-state index contributed by atoms with van der Waals surface area (Å²) in [5.41, 5.74) is -2.16. The Labute approximate surface area is 318 Å². The Bertz CT molecular complexity index is 1830. The van der Waals surface area contributed by atoms with Crippen molar-refractivity contribution in [1.82, 2.24) is 14.6 Å². The number of imide groups is 1. The van der Waals surface area contributed by atoms with Crippen molar-refractivity contribution in [3.05, 3.63) is 89.0 Å². The molecule has 0 saturated carbocycles. The molecule has 2 aromatic carbocycles. The van der Waals surface area contributed by atoms with Crippen LogP contribution in [0.2, 0.25) is 0 Å². The third-order valence-corrected chi connectivity index (χ3v) is 10.9. The van der Waals surface area contributed by atoms with Crippen molar-refractivity contribution in [3.63, 3.8) is 0 Å². The van der Waals surface area contributed by atoms with E-state index in [4.69, 9.17) is 23.3 Å². The molecule has 1 fully saturated rings. The fraction of sp³-hybridized carbons (Fsp3) is 0.486. The summed E-state index contributed by atoms with van der Waals surface area (Å²) >= 11 is 1.05. The van der Waals surface area contributed by atoms with Gasteiger partial charge in [0, 0.05) is 17.4 Å². The Morgan fingerprint density at radius 2 is 1.54 bits per heavy atom. The maximum absolute atomic E-state index is 16.0. The third-order valence-electron chi connectivity index (χ3n) is 7.69. The Balaban J connectivity index is 1.57. The van der Waals surface area contributed by atoms with Crippen molar-refractivity contribution < 1.29 is 46.6 Å². The van der Waals surface area contributed by atoms with E-state index in [9.17, 15) is 23.7 Å². The van der Waals surface area contributed by atoms with E-state index < -0.39 is 71.5 Å². The second-order valence-corrected chi connectivity index (χ2v) is 17.5. The number of nitrogens with one attached hydrogen (secondary N) is 1. The number of alkyl halides is 1. The summed E-state index contributed by atoms with van der Waals surface area (Å²) in [7, 11) is -4.34. The van der Waals surface area contributed by atoms with E-state index in [1.807, 2.05) is 30.3 Å². The van der Waals surface area contributed by atoms with Crippen LogP contribution in [0.25, 0.3) is 0 Å². The van der Waals surface area contributed by atoms with Crippen molar-refractivity contribution in [3.8, 4) is 5.75 Å². The second kappa shape index (κ2) is 17.9. The monoisotopic (exact) mass is 790 g/mol. The fourth-order valence-corrected chi connectivity index (χ4v) is 8.41. The van der Waals surface area contributed by atoms with Crippen LogP contribution < -0.4 is 20.2 Å². The first-order chi connectivity index (χ1) is 25.3. The van der Waals surface area contributed by atoms with E-state index in [1.54, 1.807) is 85.7 Å². The molecule has 4 rings (SSSR count). The number of amides is 2. The van der Waals surface area contributed by atoms with E-state index in [-0.39, 0.29) is 31.2 Å². The summed E-state index contributed by atoms with van der Waals surface area (Å²) in [4.78, 5) is 57.1. The molecule has 0 spiro atoms. The summed E-state index contributed by atoms with van der Waals surface area (Å²) in [6.45, 7) is 12.7. The molecule has 1 saturated heterocycles. The number of carbonyl (C=O) groups excluding carboxylic acids is 3. The van der Waals surface area contributed by atoms with Gasteiger partial charge in [0.15, 0.2) is 5.82 Å².